The van der Waals surface area contributed by atoms with Crippen LogP contribution in [-0.4, -0.2) is 40.0 Å². The molecule has 0 aliphatic rings. The first-order valence-corrected chi connectivity index (χ1v) is 6.90. The summed E-state index contributed by atoms with van der Waals surface area (Å²) in [6.45, 7) is 4.08. The Morgan fingerprint density at radius 3 is 2.67 bits per heavy atom. The van der Waals surface area contributed by atoms with Crippen LogP contribution in [0.15, 0.2) is 36.5 Å². The molecule has 0 aliphatic heterocycles. The summed E-state index contributed by atoms with van der Waals surface area (Å²) >= 11 is 0. The van der Waals surface area contributed by atoms with Gasteiger partial charge in [0.1, 0.15) is 0 Å². The van der Waals surface area contributed by atoms with Gasteiger partial charge in [0.25, 0.3) is 5.91 Å². The van der Waals surface area contributed by atoms with E-state index in [4.69, 9.17) is 5.11 Å². The summed E-state index contributed by atoms with van der Waals surface area (Å²) in [5.74, 6) is -1.69. The van der Waals surface area contributed by atoms with Gasteiger partial charge in [-0.05, 0) is 19.1 Å². The van der Waals surface area contributed by atoms with Crippen LogP contribution in [0.25, 0.3) is 10.9 Å². The zero-order valence-corrected chi connectivity index (χ0v) is 12.1. The summed E-state index contributed by atoms with van der Waals surface area (Å²) in [6.07, 6.45) is 1.65. The maximum absolute atomic E-state index is 12.6. The van der Waals surface area contributed by atoms with Crippen LogP contribution in [0, 0.1) is 5.92 Å². The fourth-order valence-electron chi connectivity index (χ4n) is 2.21. The zero-order valence-electron chi connectivity index (χ0n) is 12.1. The van der Waals surface area contributed by atoms with E-state index in [9.17, 15) is 9.59 Å². The van der Waals surface area contributed by atoms with Crippen molar-refractivity contribution in [3.63, 3.8) is 0 Å². The van der Waals surface area contributed by atoms with Crippen molar-refractivity contribution >= 4 is 22.8 Å². The molecular weight excluding hydrogens is 268 g/mol. The summed E-state index contributed by atoms with van der Waals surface area (Å²) in [6, 6.07) is 9.16. The highest BCUT2D eigenvalue weighted by Crippen LogP contribution is 2.18. The third-order valence-electron chi connectivity index (χ3n) is 3.45. The maximum Gasteiger partial charge on any atom is 0.308 e. The smallest absolute Gasteiger partial charge is 0.308 e. The van der Waals surface area contributed by atoms with E-state index in [1.54, 1.807) is 24.1 Å². The van der Waals surface area contributed by atoms with Gasteiger partial charge in [-0.15, -0.1) is 0 Å². The number of hydrogen-bond donors (Lipinski definition) is 1. The molecule has 5 heteroatoms. The third-order valence-corrected chi connectivity index (χ3v) is 3.45. The average molecular weight is 286 g/mol. The Labute approximate surface area is 123 Å². The maximum atomic E-state index is 12.6. The highest BCUT2D eigenvalue weighted by Gasteiger charge is 2.22. The second-order valence-electron chi connectivity index (χ2n) is 4.96. The molecule has 0 aliphatic carbocycles. The molecule has 5 nitrogen and oxygen atoms in total. The second kappa shape index (κ2) is 6.35. The van der Waals surface area contributed by atoms with E-state index in [-0.39, 0.29) is 12.5 Å². The summed E-state index contributed by atoms with van der Waals surface area (Å²) in [5.41, 5.74) is 1.15. The molecular formula is C16H18N2O3. The highest BCUT2D eigenvalue weighted by molar-refractivity contribution is 6.05. The lowest BCUT2D eigenvalue weighted by Gasteiger charge is -2.23. The number of carboxylic acids is 1. The Kier molecular flexibility index (Phi) is 4.52. The number of hydrogen-bond acceptors (Lipinski definition) is 3. The van der Waals surface area contributed by atoms with Gasteiger partial charge in [-0.2, -0.15) is 0 Å². The van der Waals surface area contributed by atoms with Crippen molar-refractivity contribution in [2.24, 2.45) is 5.92 Å². The first-order valence-electron chi connectivity index (χ1n) is 6.90. The largest absolute Gasteiger partial charge is 0.481 e. The van der Waals surface area contributed by atoms with Crippen LogP contribution in [0.1, 0.15) is 24.2 Å². The van der Waals surface area contributed by atoms with Gasteiger partial charge in [0.15, 0.2) is 0 Å². The van der Waals surface area contributed by atoms with E-state index in [0.29, 0.717) is 17.6 Å². The topological polar surface area (TPSA) is 70.5 Å². The number of pyridine rings is 1. The van der Waals surface area contributed by atoms with Gasteiger partial charge >= 0.3 is 5.97 Å². The number of nitrogens with zero attached hydrogens (tertiary/aromatic N) is 2. The Hall–Kier alpha value is -2.43. The number of carbonyl (C=O) groups excluding carboxylic acids is 1. The van der Waals surface area contributed by atoms with Gasteiger partial charge in [-0.1, -0.05) is 25.1 Å². The molecule has 0 radical (unpaired) electrons. The Bertz CT molecular complexity index is 664. The quantitative estimate of drug-likeness (QED) is 0.916. The van der Waals surface area contributed by atoms with Gasteiger partial charge in [0.05, 0.1) is 17.0 Å². The summed E-state index contributed by atoms with van der Waals surface area (Å²) in [4.78, 5) is 29.4. The molecule has 0 fully saturated rings. The number of aromatic nitrogens is 1. The van der Waals surface area contributed by atoms with Gasteiger partial charge in [0.2, 0.25) is 0 Å². The SMILES string of the molecule is CCN(CC(C)C(=O)O)C(=O)c1cccc2cccnc12. The molecule has 110 valence electrons. The average Bonchev–Trinajstić information content (AvgIpc) is 2.51. The van der Waals surface area contributed by atoms with E-state index in [1.807, 2.05) is 31.2 Å². The van der Waals surface area contributed by atoms with Crippen molar-refractivity contribution in [2.45, 2.75) is 13.8 Å². The number of amides is 1. The minimum absolute atomic E-state index is 0.185. The lowest BCUT2D eigenvalue weighted by atomic mass is 10.1. The van der Waals surface area contributed by atoms with Crippen LogP contribution in [0.3, 0.4) is 0 Å². The van der Waals surface area contributed by atoms with Gasteiger partial charge in [-0.25, -0.2) is 0 Å². The lowest BCUT2D eigenvalue weighted by Crippen LogP contribution is -2.36. The molecule has 21 heavy (non-hydrogen) atoms. The minimum atomic E-state index is -0.905. The van der Waals surface area contributed by atoms with Gasteiger partial charge < -0.3 is 10.0 Å². The van der Waals surface area contributed by atoms with Crippen molar-refractivity contribution in [2.75, 3.05) is 13.1 Å². The van der Waals surface area contributed by atoms with E-state index in [0.717, 1.165) is 5.39 Å². The second-order valence-corrected chi connectivity index (χ2v) is 4.96. The number of benzene rings is 1. The molecule has 1 amide bonds. The Morgan fingerprint density at radius 1 is 1.29 bits per heavy atom. The van der Waals surface area contributed by atoms with Crippen molar-refractivity contribution in [3.05, 3.63) is 42.1 Å². The van der Waals surface area contributed by atoms with Gasteiger partial charge in [0, 0.05) is 24.7 Å². The van der Waals surface area contributed by atoms with Crippen LogP contribution in [0.4, 0.5) is 0 Å². The van der Waals surface area contributed by atoms with Crippen molar-refractivity contribution in [1.82, 2.24) is 9.88 Å². The number of rotatable bonds is 5. The van der Waals surface area contributed by atoms with Crippen LogP contribution >= 0.6 is 0 Å². The Balaban J connectivity index is 2.34. The van der Waals surface area contributed by atoms with Crippen LogP contribution in [0.2, 0.25) is 0 Å². The molecule has 1 unspecified atom stereocenters. The van der Waals surface area contributed by atoms with E-state index < -0.39 is 11.9 Å². The number of aliphatic carboxylic acids is 1. The van der Waals surface area contributed by atoms with E-state index >= 15 is 0 Å². The minimum Gasteiger partial charge on any atom is -0.481 e. The number of carbonyl (C=O) groups is 2. The molecule has 1 aromatic carbocycles. The van der Waals surface area contributed by atoms with E-state index in [2.05, 4.69) is 4.98 Å². The van der Waals surface area contributed by atoms with Crippen LogP contribution in [-0.2, 0) is 4.79 Å². The predicted octanol–water partition coefficient (Wildman–Crippen LogP) is 2.42. The zero-order chi connectivity index (χ0) is 15.4. The molecule has 2 aromatic rings. The molecule has 0 saturated carbocycles. The molecule has 2 rings (SSSR count). The van der Waals surface area contributed by atoms with Crippen LogP contribution < -0.4 is 0 Å². The molecule has 0 saturated heterocycles. The number of carboxylic acid groups (broad SMARTS) is 1. The standard InChI is InChI=1S/C16H18N2O3/c1-3-18(10-11(2)16(20)21)15(19)13-8-4-6-12-7-5-9-17-14(12)13/h4-9,11H,3,10H2,1-2H3,(H,20,21). The molecule has 0 bridgehead atoms. The van der Waals surface area contributed by atoms with Crippen molar-refractivity contribution in [1.29, 1.82) is 0 Å². The number of fused-ring (bicyclic) bond motifs is 1. The fraction of sp³-hybridized carbons (Fsp3) is 0.312. The first kappa shape index (κ1) is 15.0. The number of para-hydroxylation sites is 1. The molecule has 1 atom stereocenters. The molecule has 0 spiro atoms. The first-order chi connectivity index (χ1) is 10.0. The summed E-state index contributed by atoms with van der Waals surface area (Å²) in [5, 5.41) is 9.89. The van der Waals surface area contributed by atoms with Crippen LogP contribution in [0.5, 0.6) is 0 Å². The monoisotopic (exact) mass is 286 g/mol. The molecule has 1 N–H and O–H groups in total. The summed E-state index contributed by atoms with van der Waals surface area (Å²) < 4.78 is 0. The van der Waals surface area contributed by atoms with Crippen molar-refractivity contribution in [3.8, 4) is 0 Å². The third kappa shape index (κ3) is 3.18. The van der Waals surface area contributed by atoms with E-state index in [1.165, 1.54) is 0 Å². The molecule has 1 aromatic heterocycles. The Morgan fingerprint density at radius 2 is 2.00 bits per heavy atom. The summed E-state index contributed by atoms with van der Waals surface area (Å²) in [7, 11) is 0. The molecule has 1 heterocycles. The highest BCUT2D eigenvalue weighted by atomic mass is 16.4. The lowest BCUT2D eigenvalue weighted by molar-refractivity contribution is -0.141. The van der Waals surface area contributed by atoms with Gasteiger partial charge in [-0.3, -0.25) is 14.6 Å². The fourth-order valence-corrected chi connectivity index (χ4v) is 2.21. The normalized spacial score (nSPS) is 12.1. The predicted molar refractivity (Wildman–Crippen MR) is 80.1 cm³/mol. The van der Waals surface area contributed by atoms with Crippen molar-refractivity contribution < 1.29 is 14.7 Å².